The number of anilines is 1. The van der Waals surface area contributed by atoms with E-state index in [0.717, 1.165) is 10.9 Å². The summed E-state index contributed by atoms with van der Waals surface area (Å²) in [5, 5.41) is 10.3. The molecule has 0 fully saturated rings. The molecule has 13 heavy (non-hydrogen) atoms. The highest BCUT2D eigenvalue weighted by Gasteiger charge is 2.04. The molecular weight excluding hydrogens is 168 g/mol. The Morgan fingerprint density at radius 3 is 2.92 bits per heavy atom. The van der Waals surface area contributed by atoms with Crippen LogP contribution in [-0.2, 0) is 0 Å². The summed E-state index contributed by atoms with van der Waals surface area (Å²) in [6.07, 6.45) is 1.77. The zero-order chi connectivity index (χ0) is 9.42. The number of aromatic hydroxyl groups is 1. The molecular formula is C9H10N2O2. The van der Waals surface area contributed by atoms with Gasteiger partial charge in [0.1, 0.15) is 12.9 Å². The molecule has 0 bridgehead atoms. The van der Waals surface area contributed by atoms with E-state index in [-0.39, 0.29) is 5.75 Å². The van der Waals surface area contributed by atoms with E-state index in [1.807, 2.05) is 6.07 Å². The molecule has 4 nitrogen and oxygen atoms in total. The zero-order valence-electron chi connectivity index (χ0n) is 7.19. The highest BCUT2D eigenvalue weighted by molar-refractivity contribution is 5.85. The van der Waals surface area contributed by atoms with Crippen molar-refractivity contribution in [1.82, 2.24) is 4.73 Å². The topological polar surface area (TPSA) is 60.4 Å². The van der Waals surface area contributed by atoms with Gasteiger partial charge in [-0.3, -0.25) is 0 Å². The van der Waals surface area contributed by atoms with Gasteiger partial charge in [0, 0.05) is 17.6 Å². The van der Waals surface area contributed by atoms with Crippen LogP contribution in [0.2, 0.25) is 0 Å². The van der Waals surface area contributed by atoms with Crippen molar-refractivity contribution in [2.24, 2.45) is 0 Å². The molecule has 3 N–H and O–H groups in total. The second-order valence-electron chi connectivity index (χ2n) is 2.79. The van der Waals surface area contributed by atoms with Gasteiger partial charge >= 0.3 is 0 Å². The van der Waals surface area contributed by atoms with Gasteiger partial charge < -0.3 is 15.7 Å². The van der Waals surface area contributed by atoms with Gasteiger partial charge in [0.05, 0.1) is 11.2 Å². The Bertz CT molecular complexity index is 448. The standard InChI is InChI=1S/C9H10N2O2/c1-13-11-3-2-6-4-7(10)9(12)5-8(6)11/h2-5,12H,10H2,1H3. The molecule has 1 aromatic heterocycles. The molecule has 4 heteroatoms. The number of hydrogen-bond donors (Lipinski definition) is 2. The summed E-state index contributed by atoms with van der Waals surface area (Å²) >= 11 is 0. The lowest BCUT2D eigenvalue weighted by Crippen LogP contribution is -2.02. The van der Waals surface area contributed by atoms with Crippen LogP contribution in [0.1, 0.15) is 0 Å². The van der Waals surface area contributed by atoms with E-state index in [1.54, 1.807) is 30.2 Å². The lowest BCUT2D eigenvalue weighted by atomic mass is 10.2. The van der Waals surface area contributed by atoms with Gasteiger partial charge in [-0.1, -0.05) is 0 Å². The molecule has 2 rings (SSSR count). The lowest BCUT2D eigenvalue weighted by molar-refractivity contribution is 0.179. The van der Waals surface area contributed by atoms with E-state index in [4.69, 9.17) is 10.6 Å². The molecule has 68 valence electrons. The van der Waals surface area contributed by atoms with Crippen LogP contribution in [0.4, 0.5) is 5.69 Å². The fraction of sp³-hybridized carbons (Fsp3) is 0.111. The fourth-order valence-corrected chi connectivity index (χ4v) is 1.32. The van der Waals surface area contributed by atoms with Crippen LogP contribution in [0.25, 0.3) is 10.9 Å². The molecule has 1 heterocycles. The number of benzene rings is 1. The van der Waals surface area contributed by atoms with Crippen molar-refractivity contribution >= 4 is 16.6 Å². The number of nitrogen functional groups attached to an aromatic ring is 1. The van der Waals surface area contributed by atoms with Crippen molar-refractivity contribution in [3.63, 3.8) is 0 Å². The number of phenols is 1. The largest absolute Gasteiger partial charge is 0.506 e. The second-order valence-corrected chi connectivity index (χ2v) is 2.79. The SMILES string of the molecule is COn1ccc2cc(N)c(O)cc21. The zero-order valence-corrected chi connectivity index (χ0v) is 7.19. The summed E-state index contributed by atoms with van der Waals surface area (Å²) in [6.45, 7) is 0. The number of aromatic nitrogens is 1. The van der Waals surface area contributed by atoms with Crippen molar-refractivity contribution in [2.45, 2.75) is 0 Å². The number of nitrogens with zero attached hydrogens (tertiary/aromatic N) is 1. The monoisotopic (exact) mass is 178 g/mol. The Balaban J connectivity index is 2.77. The van der Waals surface area contributed by atoms with Gasteiger partial charge in [0.25, 0.3) is 0 Å². The Hall–Kier alpha value is -1.84. The summed E-state index contributed by atoms with van der Waals surface area (Å²) in [5.74, 6) is 0.0736. The van der Waals surface area contributed by atoms with Crippen LogP contribution >= 0.6 is 0 Å². The summed E-state index contributed by atoms with van der Waals surface area (Å²) in [6, 6.07) is 5.16. The van der Waals surface area contributed by atoms with E-state index in [0.29, 0.717) is 5.69 Å². The second kappa shape index (κ2) is 2.58. The smallest absolute Gasteiger partial charge is 0.140 e. The third-order valence-electron chi connectivity index (χ3n) is 2.00. The van der Waals surface area contributed by atoms with Gasteiger partial charge in [-0.25, -0.2) is 0 Å². The Morgan fingerprint density at radius 1 is 1.46 bits per heavy atom. The molecule has 0 aliphatic rings. The predicted octanol–water partition coefficient (Wildman–Crippen LogP) is 0.987. The first kappa shape index (κ1) is 7.79. The first-order chi connectivity index (χ1) is 6.22. The molecule has 0 spiro atoms. The van der Waals surface area contributed by atoms with Gasteiger partial charge in [-0.2, -0.15) is 4.73 Å². The molecule has 1 aromatic carbocycles. The Labute approximate surface area is 75.1 Å². The van der Waals surface area contributed by atoms with Crippen LogP contribution in [0, 0.1) is 0 Å². The minimum atomic E-state index is 0.0736. The van der Waals surface area contributed by atoms with Gasteiger partial charge in [0.15, 0.2) is 0 Å². The third kappa shape index (κ3) is 1.07. The van der Waals surface area contributed by atoms with Gasteiger partial charge in [0.2, 0.25) is 0 Å². The van der Waals surface area contributed by atoms with Crippen molar-refractivity contribution in [1.29, 1.82) is 0 Å². The minimum absolute atomic E-state index is 0.0736. The molecule has 0 amide bonds. The quantitative estimate of drug-likeness (QED) is 0.505. The van der Waals surface area contributed by atoms with Crippen LogP contribution in [-0.4, -0.2) is 16.9 Å². The van der Waals surface area contributed by atoms with Crippen LogP contribution < -0.4 is 10.6 Å². The molecule has 0 saturated carbocycles. The molecule has 0 unspecified atom stereocenters. The van der Waals surface area contributed by atoms with E-state index in [9.17, 15) is 5.11 Å². The summed E-state index contributed by atoms with van der Waals surface area (Å²) < 4.78 is 1.56. The number of nitrogens with two attached hydrogens (primary N) is 1. The van der Waals surface area contributed by atoms with Crippen LogP contribution in [0.15, 0.2) is 24.4 Å². The molecule has 0 aliphatic heterocycles. The number of rotatable bonds is 1. The molecule has 0 radical (unpaired) electrons. The van der Waals surface area contributed by atoms with Crippen molar-refractivity contribution in [2.75, 3.05) is 12.8 Å². The van der Waals surface area contributed by atoms with E-state index in [1.165, 1.54) is 0 Å². The van der Waals surface area contributed by atoms with Crippen molar-refractivity contribution in [3.05, 3.63) is 24.4 Å². The first-order valence-corrected chi connectivity index (χ1v) is 3.86. The van der Waals surface area contributed by atoms with E-state index in [2.05, 4.69) is 0 Å². The number of hydrogen-bond acceptors (Lipinski definition) is 3. The maximum atomic E-state index is 9.36. The van der Waals surface area contributed by atoms with Crippen molar-refractivity contribution < 1.29 is 9.94 Å². The van der Waals surface area contributed by atoms with E-state index < -0.39 is 0 Å². The molecule has 0 aliphatic carbocycles. The normalized spacial score (nSPS) is 10.5. The average molecular weight is 178 g/mol. The summed E-state index contributed by atoms with van der Waals surface area (Å²) in [5.41, 5.74) is 6.71. The highest BCUT2D eigenvalue weighted by atomic mass is 16.6. The van der Waals surface area contributed by atoms with Crippen LogP contribution in [0.3, 0.4) is 0 Å². The molecule has 0 saturated heterocycles. The first-order valence-electron chi connectivity index (χ1n) is 3.86. The lowest BCUT2D eigenvalue weighted by Gasteiger charge is -2.03. The Kier molecular flexibility index (Phi) is 1.55. The predicted molar refractivity (Wildman–Crippen MR) is 50.5 cm³/mol. The highest BCUT2D eigenvalue weighted by Crippen LogP contribution is 2.26. The summed E-state index contributed by atoms with van der Waals surface area (Å²) in [7, 11) is 1.56. The fourth-order valence-electron chi connectivity index (χ4n) is 1.32. The van der Waals surface area contributed by atoms with Gasteiger partial charge in [-0.15, -0.1) is 0 Å². The minimum Gasteiger partial charge on any atom is -0.506 e. The maximum absolute atomic E-state index is 9.36. The van der Waals surface area contributed by atoms with Crippen molar-refractivity contribution in [3.8, 4) is 5.75 Å². The average Bonchev–Trinajstić information content (AvgIpc) is 2.48. The molecule has 0 atom stereocenters. The van der Waals surface area contributed by atoms with Crippen LogP contribution in [0.5, 0.6) is 5.75 Å². The summed E-state index contributed by atoms with van der Waals surface area (Å²) in [4.78, 5) is 5.03. The third-order valence-corrected chi connectivity index (χ3v) is 2.00. The van der Waals surface area contributed by atoms with E-state index >= 15 is 0 Å². The van der Waals surface area contributed by atoms with Gasteiger partial charge in [-0.05, 0) is 12.1 Å². The Morgan fingerprint density at radius 2 is 2.23 bits per heavy atom. The number of phenolic OH excluding ortho intramolecular Hbond substituents is 1. The molecule has 2 aromatic rings. The number of fused-ring (bicyclic) bond motifs is 1. The maximum Gasteiger partial charge on any atom is 0.140 e.